The molecule has 1 aliphatic carbocycles. The fourth-order valence-corrected chi connectivity index (χ4v) is 1.67. The van der Waals surface area contributed by atoms with E-state index in [0.29, 0.717) is 13.0 Å². The van der Waals surface area contributed by atoms with Crippen LogP contribution in [-0.2, 0) is 4.74 Å². The van der Waals surface area contributed by atoms with E-state index in [-0.39, 0.29) is 12.0 Å². The molecule has 0 spiro atoms. The second-order valence-corrected chi connectivity index (χ2v) is 2.97. The number of hydrogen-bond acceptors (Lipinski definition) is 3. The third-order valence-electron chi connectivity index (χ3n) is 2.26. The zero-order chi connectivity index (χ0) is 6.48. The second kappa shape index (κ2) is 1.48. The molecule has 2 unspecified atom stereocenters. The summed E-state index contributed by atoms with van der Waals surface area (Å²) in [6.45, 7) is 0.525. The molecule has 0 amide bonds. The van der Waals surface area contributed by atoms with Gasteiger partial charge in [-0.3, -0.25) is 0 Å². The van der Waals surface area contributed by atoms with Crippen LogP contribution in [0.1, 0.15) is 12.8 Å². The van der Waals surface area contributed by atoms with Crippen LogP contribution in [0.5, 0.6) is 0 Å². The van der Waals surface area contributed by atoms with Crippen LogP contribution < -0.4 is 0 Å². The van der Waals surface area contributed by atoms with E-state index in [4.69, 9.17) is 14.9 Å². The minimum absolute atomic E-state index is 0.0255. The van der Waals surface area contributed by atoms with Crippen molar-refractivity contribution in [2.24, 2.45) is 5.92 Å². The Morgan fingerprint density at radius 1 is 1.44 bits per heavy atom. The minimum atomic E-state index is -1.41. The van der Waals surface area contributed by atoms with Crippen molar-refractivity contribution in [3.8, 4) is 0 Å². The molecule has 2 atom stereocenters. The molecular weight excluding hydrogens is 120 g/mol. The van der Waals surface area contributed by atoms with Gasteiger partial charge >= 0.3 is 0 Å². The van der Waals surface area contributed by atoms with Crippen molar-refractivity contribution in [3.05, 3.63) is 0 Å². The standard InChI is InChI=1S/C6H10O3/c7-6(8)2-5-1-4(6)3-9-5/h4-5,7-8H,1-3H2. The van der Waals surface area contributed by atoms with Gasteiger partial charge in [0.1, 0.15) is 0 Å². The Balaban J connectivity index is 2.18. The topological polar surface area (TPSA) is 49.7 Å². The van der Waals surface area contributed by atoms with E-state index >= 15 is 0 Å². The van der Waals surface area contributed by atoms with Crippen LogP contribution in [0.4, 0.5) is 0 Å². The Kier molecular flexibility index (Phi) is 0.928. The molecule has 2 fully saturated rings. The third kappa shape index (κ3) is 0.689. The van der Waals surface area contributed by atoms with Crippen molar-refractivity contribution < 1.29 is 14.9 Å². The van der Waals surface area contributed by atoms with Gasteiger partial charge in [0, 0.05) is 12.3 Å². The van der Waals surface area contributed by atoms with Crippen LogP contribution in [-0.4, -0.2) is 28.7 Å². The van der Waals surface area contributed by atoms with Crippen LogP contribution >= 0.6 is 0 Å². The quantitative estimate of drug-likeness (QED) is 0.434. The molecule has 1 aliphatic heterocycles. The smallest absolute Gasteiger partial charge is 0.170 e. The summed E-state index contributed by atoms with van der Waals surface area (Å²) in [7, 11) is 0. The van der Waals surface area contributed by atoms with Crippen molar-refractivity contribution in [2.75, 3.05) is 6.61 Å². The average molecular weight is 130 g/mol. The van der Waals surface area contributed by atoms with Crippen molar-refractivity contribution in [2.45, 2.75) is 24.7 Å². The first-order valence-corrected chi connectivity index (χ1v) is 3.25. The summed E-state index contributed by atoms with van der Waals surface area (Å²) in [5, 5.41) is 18.3. The highest BCUT2D eigenvalue weighted by atomic mass is 16.5. The third-order valence-corrected chi connectivity index (χ3v) is 2.26. The second-order valence-electron chi connectivity index (χ2n) is 2.97. The lowest BCUT2D eigenvalue weighted by Crippen LogP contribution is -2.37. The monoisotopic (exact) mass is 130 g/mol. The fourth-order valence-electron chi connectivity index (χ4n) is 1.67. The van der Waals surface area contributed by atoms with Crippen LogP contribution in [0.3, 0.4) is 0 Å². The maximum atomic E-state index is 9.16. The fraction of sp³-hybridized carbons (Fsp3) is 1.00. The zero-order valence-electron chi connectivity index (χ0n) is 5.08. The van der Waals surface area contributed by atoms with Crippen LogP contribution in [0, 0.1) is 5.92 Å². The Bertz CT molecular complexity index is 132. The van der Waals surface area contributed by atoms with Gasteiger partial charge in [-0.05, 0) is 6.42 Å². The minimum Gasteiger partial charge on any atom is -0.377 e. The Morgan fingerprint density at radius 2 is 2.22 bits per heavy atom. The first kappa shape index (κ1) is 5.65. The zero-order valence-corrected chi connectivity index (χ0v) is 5.08. The summed E-state index contributed by atoms with van der Waals surface area (Å²) in [5.41, 5.74) is 0. The lowest BCUT2D eigenvalue weighted by atomic mass is 10.0. The molecule has 0 radical (unpaired) electrons. The van der Waals surface area contributed by atoms with Crippen LogP contribution in [0.15, 0.2) is 0 Å². The molecule has 2 N–H and O–H groups in total. The lowest BCUT2D eigenvalue weighted by Gasteiger charge is -2.25. The first-order chi connectivity index (χ1) is 4.18. The maximum absolute atomic E-state index is 9.16. The number of hydrogen-bond donors (Lipinski definition) is 2. The highest BCUT2D eigenvalue weighted by molar-refractivity contribution is 4.93. The molecular formula is C6H10O3. The Labute approximate surface area is 53.3 Å². The highest BCUT2D eigenvalue weighted by Gasteiger charge is 2.50. The van der Waals surface area contributed by atoms with E-state index in [0.717, 1.165) is 6.42 Å². The summed E-state index contributed by atoms with van der Waals surface area (Å²) in [5.74, 6) is -1.44. The number of ether oxygens (including phenoxy) is 1. The summed E-state index contributed by atoms with van der Waals surface area (Å²) < 4.78 is 5.17. The number of rotatable bonds is 0. The van der Waals surface area contributed by atoms with Gasteiger partial charge in [-0.2, -0.15) is 0 Å². The van der Waals surface area contributed by atoms with Gasteiger partial charge in [0.05, 0.1) is 12.7 Å². The van der Waals surface area contributed by atoms with Gasteiger partial charge in [-0.15, -0.1) is 0 Å². The van der Waals surface area contributed by atoms with Crippen LogP contribution in [0.2, 0.25) is 0 Å². The predicted molar refractivity (Wildman–Crippen MR) is 29.6 cm³/mol. The molecule has 9 heavy (non-hydrogen) atoms. The molecule has 2 rings (SSSR count). The Hall–Kier alpha value is -0.120. The molecule has 2 bridgehead atoms. The van der Waals surface area contributed by atoms with Crippen molar-refractivity contribution in [1.82, 2.24) is 0 Å². The normalized spacial score (nSPS) is 46.0. The molecule has 1 saturated heterocycles. The lowest BCUT2D eigenvalue weighted by molar-refractivity contribution is -0.215. The number of fused-ring (bicyclic) bond motifs is 2. The van der Waals surface area contributed by atoms with E-state index < -0.39 is 5.79 Å². The van der Waals surface area contributed by atoms with E-state index in [1.807, 2.05) is 0 Å². The molecule has 3 nitrogen and oxygen atoms in total. The van der Waals surface area contributed by atoms with E-state index in [2.05, 4.69) is 0 Å². The first-order valence-electron chi connectivity index (χ1n) is 3.25. The summed E-state index contributed by atoms with van der Waals surface area (Å²) in [6.07, 6.45) is 1.34. The van der Waals surface area contributed by atoms with Crippen LogP contribution in [0.25, 0.3) is 0 Å². The molecule has 2 aliphatic rings. The molecule has 1 saturated carbocycles. The van der Waals surface area contributed by atoms with E-state index in [1.54, 1.807) is 0 Å². The summed E-state index contributed by atoms with van der Waals surface area (Å²) in [4.78, 5) is 0. The van der Waals surface area contributed by atoms with Gasteiger partial charge < -0.3 is 14.9 Å². The van der Waals surface area contributed by atoms with E-state index in [9.17, 15) is 0 Å². The SMILES string of the molecule is OC1(O)CC2CC1CO2. The van der Waals surface area contributed by atoms with Crippen molar-refractivity contribution >= 4 is 0 Å². The molecule has 0 aromatic heterocycles. The molecule has 3 heteroatoms. The van der Waals surface area contributed by atoms with Crippen molar-refractivity contribution in [1.29, 1.82) is 0 Å². The highest BCUT2D eigenvalue weighted by Crippen LogP contribution is 2.41. The summed E-state index contributed by atoms with van der Waals surface area (Å²) >= 11 is 0. The molecule has 52 valence electrons. The number of aliphatic hydroxyl groups is 2. The molecule has 1 heterocycles. The van der Waals surface area contributed by atoms with Gasteiger partial charge in [0.25, 0.3) is 0 Å². The largest absolute Gasteiger partial charge is 0.377 e. The van der Waals surface area contributed by atoms with Crippen molar-refractivity contribution in [3.63, 3.8) is 0 Å². The Morgan fingerprint density at radius 3 is 2.44 bits per heavy atom. The maximum Gasteiger partial charge on any atom is 0.170 e. The molecule has 0 aromatic rings. The summed E-state index contributed by atoms with van der Waals surface area (Å²) in [6, 6.07) is 0. The predicted octanol–water partition coefficient (Wildman–Crippen LogP) is -0.524. The van der Waals surface area contributed by atoms with Gasteiger partial charge in [0.2, 0.25) is 0 Å². The van der Waals surface area contributed by atoms with Gasteiger partial charge in [-0.25, -0.2) is 0 Å². The van der Waals surface area contributed by atoms with Gasteiger partial charge in [-0.1, -0.05) is 0 Å². The average Bonchev–Trinajstić information content (AvgIpc) is 2.19. The van der Waals surface area contributed by atoms with E-state index in [1.165, 1.54) is 0 Å². The molecule has 0 aromatic carbocycles. The van der Waals surface area contributed by atoms with Gasteiger partial charge in [0.15, 0.2) is 5.79 Å².